The lowest BCUT2D eigenvalue weighted by Crippen LogP contribution is -2.10. The van der Waals surface area contributed by atoms with E-state index in [-0.39, 0.29) is 0 Å². The van der Waals surface area contributed by atoms with Gasteiger partial charge in [-0.3, -0.25) is 0 Å². The second-order valence-corrected chi connectivity index (χ2v) is 15.9. The largest absolute Gasteiger partial charge is 0.496 e. The minimum Gasteiger partial charge on any atom is -0.496 e. The van der Waals surface area contributed by atoms with E-state index in [1.807, 2.05) is 0 Å². The van der Waals surface area contributed by atoms with E-state index in [9.17, 15) is 9.59 Å². The number of methoxy groups -OCH3 is 2. The zero-order valence-electron chi connectivity index (χ0n) is 17.6. The maximum absolute atomic E-state index is 12.6. The number of halogens is 3. The highest BCUT2D eigenvalue weighted by Gasteiger charge is 2.23. The molecule has 0 radical (unpaired) electrons. The minimum atomic E-state index is -2.61. The third-order valence-corrected chi connectivity index (χ3v) is 6.83. The molecule has 0 atom stereocenters. The summed E-state index contributed by atoms with van der Waals surface area (Å²) in [5.41, 5.74) is 0.886. The molecule has 0 aliphatic carbocycles. The first-order chi connectivity index (χ1) is 15.2. The van der Waals surface area contributed by atoms with Crippen LogP contribution in [0.15, 0.2) is 48.5 Å². The van der Waals surface area contributed by atoms with Crippen LogP contribution in [0.2, 0.25) is 6.04 Å². The number of rotatable bonds is 11. The molecule has 0 aliphatic rings. The molecule has 10 heteroatoms. The SMILES string of the molecule is COC(=O)C=Cc1cc(OC(=O)c2cccc(OCCCC[Si](Cl)(Cl)Cl)c2)ccc1OC. The maximum atomic E-state index is 12.6. The van der Waals surface area contributed by atoms with Gasteiger partial charge >= 0.3 is 17.9 Å². The van der Waals surface area contributed by atoms with Crippen molar-refractivity contribution in [1.29, 1.82) is 0 Å². The number of carbonyl (C=O) groups is 2. The fourth-order valence-corrected chi connectivity index (χ4v) is 4.48. The summed E-state index contributed by atoms with van der Waals surface area (Å²) < 4.78 is 21.0. The second-order valence-electron chi connectivity index (χ2n) is 6.60. The number of carbonyl (C=O) groups excluding carboxylic acids is 2. The summed E-state index contributed by atoms with van der Waals surface area (Å²) in [5.74, 6) is 0.286. The third kappa shape index (κ3) is 9.12. The Bertz CT molecular complexity index is 959. The summed E-state index contributed by atoms with van der Waals surface area (Å²) in [7, 11) is 2.78. The molecule has 6 nitrogen and oxygen atoms in total. The summed E-state index contributed by atoms with van der Waals surface area (Å²) >= 11 is 17.6. The smallest absolute Gasteiger partial charge is 0.343 e. The highest BCUT2D eigenvalue weighted by Crippen LogP contribution is 2.28. The van der Waals surface area contributed by atoms with Gasteiger partial charge in [0.25, 0.3) is 0 Å². The van der Waals surface area contributed by atoms with Crippen molar-refractivity contribution in [3.8, 4) is 17.2 Å². The molecule has 32 heavy (non-hydrogen) atoms. The van der Waals surface area contributed by atoms with Crippen LogP contribution in [0.5, 0.6) is 17.2 Å². The summed E-state index contributed by atoms with van der Waals surface area (Å²) in [6.07, 6.45) is 4.26. The van der Waals surface area contributed by atoms with Crippen molar-refractivity contribution < 1.29 is 28.5 Å². The minimum absolute atomic E-state index is 0.294. The number of ether oxygens (including phenoxy) is 4. The third-order valence-electron chi connectivity index (χ3n) is 4.20. The first kappa shape index (κ1) is 26.1. The van der Waals surface area contributed by atoms with E-state index in [1.54, 1.807) is 42.5 Å². The van der Waals surface area contributed by atoms with E-state index in [2.05, 4.69) is 4.74 Å². The number of hydrogen-bond donors (Lipinski definition) is 0. The number of unbranched alkanes of at least 4 members (excludes halogenated alkanes) is 1. The summed E-state index contributed by atoms with van der Waals surface area (Å²) in [6, 6.07) is 9.49. The number of benzene rings is 2. The molecular weight excluding hydrogens is 495 g/mol. The van der Waals surface area contributed by atoms with Crippen molar-refractivity contribution in [3.05, 3.63) is 59.7 Å². The molecule has 2 aromatic carbocycles. The lowest BCUT2D eigenvalue weighted by Gasteiger charge is -2.11. The van der Waals surface area contributed by atoms with Crippen molar-refractivity contribution in [2.75, 3.05) is 20.8 Å². The molecule has 2 rings (SSSR count). The Balaban J connectivity index is 2.01. The monoisotopic (exact) mass is 516 g/mol. The average molecular weight is 518 g/mol. The van der Waals surface area contributed by atoms with Gasteiger partial charge in [-0.2, -0.15) is 0 Å². The van der Waals surface area contributed by atoms with Gasteiger partial charge in [-0.15, -0.1) is 33.2 Å². The average Bonchev–Trinajstić information content (AvgIpc) is 2.76. The van der Waals surface area contributed by atoms with Crippen LogP contribution in [-0.2, 0) is 9.53 Å². The van der Waals surface area contributed by atoms with E-state index >= 15 is 0 Å². The zero-order valence-corrected chi connectivity index (χ0v) is 20.9. The van der Waals surface area contributed by atoms with Crippen molar-refractivity contribution in [2.24, 2.45) is 0 Å². The number of esters is 2. The topological polar surface area (TPSA) is 71.1 Å². The van der Waals surface area contributed by atoms with E-state index in [1.165, 1.54) is 26.4 Å². The fourth-order valence-electron chi connectivity index (χ4n) is 2.63. The summed E-state index contributed by atoms with van der Waals surface area (Å²) in [5, 5.41) is 0. The molecule has 0 fully saturated rings. The molecular formula is C22H23Cl3O6Si. The quantitative estimate of drug-likeness (QED) is 0.0921. The molecule has 0 bridgehead atoms. The Morgan fingerprint density at radius 2 is 1.78 bits per heavy atom. The van der Waals surface area contributed by atoms with Crippen LogP contribution in [0.1, 0.15) is 28.8 Å². The van der Waals surface area contributed by atoms with Crippen molar-refractivity contribution in [2.45, 2.75) is 18.9 Å². The van der Waals surface area contributed by atoms with Gasteiger partial charge in [0.2, 0.25) is 0 Å². The van der Waals surface area contributed by atoms with Gasteiger partial charge in [0.15, 0.2) is 0 Å². The van der Waals surface area contributed by atoms with Crippen LogP contribution in [0, 0.1) is 0 Å². The Hall–Kier alpha value is -2.19. The molecule has 0 aromatic heterocycles. The van der Waals surface area contributed by atoms with Gasteiger partial charge in [0.1, 0.15) is 17.2 Å². The Kier molecular flexibility index (Phi) is 10.4. The molecule has 0 unspecified atom stereocenters. The molecule has 0 amide bonds. The predicted octanol–water partition coefficient (Wildman–Crippen LogP) is 5.91. The van der Waals surface area contributed by atoms with E-state index in [4.69, 9.17) is 47.4 Å². The molecule has 0 heterocycles. The van der Waals surface area contributed by atoms with Crippen LogP contribution in [0.25, 0.3) is 6.08 Å². The van der Waals surface area contributed by atoms with Crippen LogP contribution >= 0.6 is 33.2 Å². The fraction of sp³-hybridized carbons (Fsp3) is 0.273. The standard InChI is InChI=1S/C22H23Cl3O6Si/c1-28-20-10-9-19(14-16(20)8-11-21(26)29-2)31-22(27)17-6-5-7-18(15-17)30-12-3-4-13-32(23,24)25/h5-11,14-15H,3-4,12-13H2,1-2H3. The van der Waals surface area contributed by atoms with Gasteiger partial charge in [-0.25, -0.2) is 9.59 Å². The zero-order chi connectivity index (χ0) is 23.6. The molecule has 0 spiro atoms. The molecule has 0 saturated heterocycles. The van der Waals surface area contributed by atoms with Crippen LogP contribution in [0.4, 0.5) is 0 Å². The summed E-state index contributed by atoms with van der Waals surface area (Å²) in [6.45, 7) is 0.446. The highest BCUT2D eigenvalue weighted by atomic mass is 35.8. The van der Waals surface area contributed by atoms with Gasteiger partial charge in [-0.05, 0) is 61.4 Å². The lowest BCUT2D eigenvalue weighted by atomic mass is 10.1. The lowest BCUT2D eigenvalue weighted by molar-refractivity contribution is -0.134. The van der Waals surface area contributed by atoms with Crippen molar-refractivity contribution in [3.63, 3.8) is 0 Å². The Labute approximate surface area is 202 Å². The molecule has 0 N–H and O–H groups in total. The van der Waals surface area contributed by atoms with Gasteiger partial charge in [0.05, 0.1) is 26.4 Å². The van der Waals surface area contributed by atoms with E-state index in [0.717, 1.165) is 12.8 Å². The maximum Gasteiger partial charge on any atom is 0.343 e. The molecule has 0 aliphatic heterocycles. The molecule has 2 aromatic rings. The molecule has 172 valence electrons. The van der Waals surface area contributed by atoms with E-state index < -0.39 is 17.9 Å². The van der Waals surface area contributed by atoms with Gasteiger partial charge < -0.3 is 18.9 Å². The first-order valence-electron chi connectivity index (χ1n) is 9.67. The summed E-state index contributed by atoms with van der Waals surface area (Å²) in [4.78, 5) is 23.9. The normalized spacial score (nSPS) is 11.3. The Morgan fingerprint density at radius 1 is 1.00 bits per heavy atom. The van der Waals surface area contributed by atoms with Crippen LogP contribution < -0.4 is 14.2 Å². The number of hydrogen-bond acceptors (Lipinski definition) is 6. The van der Waals surface area contributed by atoms with Crippen molar-refractivity contribution >= 4 is 57.3 Å². The highest BCUT2D eigenvalue weighted by molar-refractivity contribution is 7.64. The van der Waals surface area contributed by atoms with Crippen molar-refractivity contribution in [1.82, 2.24) is 0 Å². The van der Waals surface area contributed by atoms with E-state index in [0.29, 0.717) is 41.0 Å². The van der Waals surface area contributed by atoms with Crippen LogP contribution in [0.3, 0.4) is 0 Å². The second kappa shape index (κ2) is 12.7. The Morgan fingerprint density at radius 3 is 2.47 bits per heavy atom. The first-order valence-corrected chi connectivity index (χ1v) is 14.9. The van der Waals surface area contributed by atoms with Crippen LogP contribution in [-0.4, -0.2) is 38.8 Å². The van der Waals surface area contributed by atoms with Gasteiger partial charge in [0, 0.05) is 11.6 Å². The van der Waals surface area contributed by atoms with Gasteiger partial charge in [-0.1, -0.05) is 6.07 Å². The predicted molar refractivity (Wildman–Crippen MR) is 128 cm³/mol. The molecule has 0 saturated carbocycles.